The molecule has 3 aromatic heterocycles. The van der Waals surface area contributed by atoms with Gasteiger partial charge in [-0.1, -0.05) is 20.8 Å². The predicted octanol–water partition coefficient (Wildman–Crippen LogP) is 4.92. The molecule has 0 aliphatic carbocycles. The van der Waals surface area contributed by atoms with Crippen molar-refractivity contribution in [3.63, 3.8) is 0 Å². The molecule has 0 spiro atoms. The number of halogens is 3. The van der Waals surface area contributed by atoms with Crippen LogP contribution in [0.5, 0.6) is 0 Å². The van der Waals surface area contributed by atoms with Gasteiger partial charge in [0, 0.05) is 53.5 Å². The molecule has 0 aliphatic heterocycles. The first-order chi connectivity index (χ1) is 13.6. The fourth-order valence-electron chi connectivity index (χ4n) is 2.80. The molecule has 0 saturated carbocycles. The Kier molecular flexibility index (Phi) is 6.27. The molecule has 0 bridgehead atoms. The molecule has 154 valence electrons. The van der Waals surface area contributed by atoms with Gasteiger partial charge in [-0.2, -0.15) is 0 Å². The lowest BCUT2D eigenvalue weighted by atomic mass is 9.85. The summed E-state index contributed by atoms with van der Waals surface area (Å²) in [6.45, 7) is 5.56. The first-order valence-electron chi connectivity index (χ1n) is 8.57. The molecular weight excluding hydrogens is 515 g/mol. The van der Waals surface area contributed by atoms with Crippen molar-refractivity contribution in [3.05, 3.63) is 36.3 Å². The number of nitrogens with zero attached hydrogens (tertiary/aromatic N) is 4. The van der Waals surface area contributed by atoms with E-state index in [9.17, 15) is 18.7 Å². The zero-order valence-corrected chi connectivity index (χ0v) is 18.8. The molecule has 11 heteroatoms. The monoisotopic (exact) mass is 533 g/mol. The van der Waals surface area contributed by atoms with E-state index in [1.165, 1.54) is 15.2 Å². The van der Waals surface area contributed by atoms with E-state index < -0.39 is 29.1 Å². The Balaban J connectivity index is 2.07. The number of hydrogen-bond donors (Lipinski definition) is 2. The molecule has 0 aliphatic rings. The van der Waals surface area contributed by atoms with Crippen molar-refractivity contribution in [2.45, 2.75) is 33.2 Å². The van der Waals surface area contributed by atoms with Gasteiger partial charge >= 0.3 is 5.97 Å². The van der Waals surface area contributed by atoms with Gasteiger partial charge in [0.1, 0.15) is 5.82 Å². The summed E-state index contributed by atoms with van der Waals surface area (Å²) in [4.78, 5) is 23.6. The fraction of sp³-hybridized carbons (Fsp3) is 0.333. The number of nitrogens with one attached hydrogen (secondary N) is 1. The molecule has 0 radical (unpaired) electrons. The minimum Gasteiger partial charge on any atom is -0.481 e. The zero-order valence-electron chi connectivity index (χ0n) is 15.8. The lowest BCUT2D eigenvalue weighted by molar-refractivity contribution is -0.137. The van der Waals surface area contributed by atoms with Gasteiger partial charge in [0.2, 0.25) is 0 Å². The average molecular weight is 533 g/mol. The van der Waals surface area contributed by atoms with Gasteiger partial charge in [-0.25, -0.2) is 23.7 Å². The summed E-state index contributed by atoms with van der Waals surface area (Å²) in [6, 6.07) is 0.756. The number of aliphatic carboxylic acids is 1. The van der Waals surface area contributed by atoms with Crippen LogP contribution in [0.1, 0.15) is 27.2 Å². The number of carbonyl (C=O) groups is 1. The summed E-state index contributed by atoms with van der Waals surface area (Å²) < 4.78 is 29.9. The molecule has 1 atom stereocenters. The maximum atomic E-state index is 14.4. The van der Waals surface area contributed by atoms with E-state index in [-0.39, 0.29) is 18.1 Å². The first kappa shape index (κ1) is 21.7. The van der Waals surface area contributed by atoms with E-state index in [0.29, 0.717) is 16.6 Å². The number of carboxylic acid groups (broad SMARTS) is 1. The smallest absolute Gasteiger partial charge is 0.305 e. The van der Waals surface area contributed by atoms with Gasteiger partial charge in [0.25, 0.3) is 0 Å². The molecule has 1 unspecified atom stereocenters. The number of pyridine rings is 1. The van der Waals surface area contributed by atoms with Crippen molar-refractivity contribution in [3.8, 4) is 11.4 Å². The van der Waals surface area contributed by atoms with Crippen molar-refractivity contribution in [1.29, 1.82) is 0 Å². The van der Waals surface area contributed by atoms with Crippen LogP contribution in [0.15, 0.2) is 24.7 Å². The summed E-state index contributed by atoms with van der Waals surface area (Å²) >= 11 is 2.07. The largest absolute Gasteiger partial charge is 0.481 e. The highest BCUT2D eigenvalue weighted by molar-refractivity contribution is 14.2. The van der Waals surface area contributed by atoms with E-state index in [0.717, 1.165) is 12.4 Å². The van der Waals surface area contributed by atoms with Gasteiger partial charge in [-0.3, -0.25) is 8.77 Å². The number of fused-ring (bicyclic) bond motifs is 1. The van der Waals surface area contributed by atoms with Gasteiger partial charge in [-0.15, -0.1) is 0 Å². The zero-order chi connectivity index (χ0) is 21.3. The van der Waals surface area contributed by atoms with Gasteiger partial charge < -0.3 is 10.4 Å². The number of hydrogen-bond acceptors (Lipinski definition) is 6. The topological polar surface area (TPSA) is 92.9 Å². The Labute approximate surface area is 182 Å². The van der Waals surface area contributed by atoms with Crippen molar-refractivity contribution >= 4 is 53.1 Å². The van der Waals surface area contributed by atoms with E-state index in [4.69, 9.17) is 0 Å². The van der Waals surface area contributed by atoms with E-state index in [1.54, 1.807) is 10.2 Å². The predicted molar refractivity (Wildman–Crippen MR) is 117 cm³/mol. The molecule has 29 heavy (non-hydrogen) atoms. The van der Waals surface area contributed by atoms with Crippen LogP contribution in [0.4, 0.5) is 14.6 Å². The molecular formula is C18H18F2IN5O2S. The first-order valence-corrected chi connectivity index (χ1v) is 11.9. The Morgan fingerprint density at radius 1 is 1.34 bits per heavy atom. The van der Waals surface area contributed by atoms with Crippen LogP contribution in [-0.2, 0) is 4.79 Å². The molecule has 2 N–H and O–H groups in total. The second-order valence-corrected chi connectivity index (χ2v) is 9.23. The van der Waals surface area contributed by atoms with Crippen molar-refractivity contribution in [1.82, 2.24) is 18.9 Å². The van der Waals surface area contributed by atoms with Gasteiger partial charge in [0.05, 0.1) is 18.8 Å². The Morgan fingerprint density at radius 3 is 2.69 bits per heavy atom. The third kappa shape index (κ3) is 4.77. The molecule has 0 amide bonds. The number of carboxylic acids is 1. The minimum absolute atomic E-state index is 0.108. The Bertz CT molecular complexity index is 1070. The molecule has 0 aromatic carbocycles. The summed E-state index contributed by atoms with van der Waals surface area (Å²) in [5.74, 6) is -2.15. The number of aromatic nitrogens is 4. The lowest BCUT2D eigenvalue weighted by Gasteiger charge is -2.30. The fourth-order valence-corrected chi connectivity index (χ4v) is 4.05. The van der Waals surface area contributed by atoms with Gasteiger partial charge in [0.15, 0.2) is 23.1 Å². The Morgan fingerprint density at radius 2 is 2.07 bits per heavy atom. The van der Waals surface area contributed by atoms with E-state index >= 15 is 0 Å². The minimum atomic E-state index is -1.00. The van der Waals surface area contributed by atoms with Crippen LogP contribution in [0.2, 0.25) is 0 Å². The molecule has 7 nitrogen and oxygen atoms in total. The van der Waals surface area contributed by atoms with Crippen LogP contribution in [0, 0.1) is 17.0 Å². The van der Waals surface area contributed by atoms with Crippen molar-refractivity contribution in [2.24, 2.45) is 5.41 Å². The second kappa shape index (κ2) is 8.38. The van der Waals surface area contributed by atoms with Crippen molar-refractivity contribution in [2.75, 3.05) is 5.32 Å². The standard InChI is InChI=1S/C18H18F2IN5O2S/c1-18(2,3)13(5-14(27)28)24-16-12(20)7-22-15(25-16)11-8-26(29-21)17-10(11)4-9(19)6-23-17/h4,6-8,13H,5H2,1-3H3,(H,27,28)(H,22,24,25). The van der Waals surface area contributed by atoms with Crippen LogP contribution < -0.4 is 5.32 Å². The van der Waals surface area contributed by atoms with Crippen LogP contribution in [0.3, 0.4) is 0 Å². The quantitative estimate of drug-likeness (QED) is 0.435. The highest BCUT2D eigenvalue weighted by atomic mass is 127. The summed E-state index contributed by atoms with van der Waals surface area (Å²) in [5, 5.41) is 12.6. The maximum Gasteiger partial charge on any atom is 0.305 e. The average Bonchev–Trinajstić information content (AvgIpc) is 2.99. The third-order valence-corrected chi connectivity index (χ3v) is 6.07. The second-order valence-electron chi connectivity index (χ2n) is 7.51. The summed E-state index contributed by atoms with van der Waals surface area (Å²) in [7, 11) is 1.34. The SMILES string of the molecule is CC(C)(C)C(CC(=O)O)Nc1nc(-c2cn(SI)c3ncc(F)cc23)ncc1F. The van der Waals surface area contributed by atoms with Crippen molar-refractivity contribution < 1.29 is 18.7 Å². The van der Waals surface area contributed by atoms with Crippen LogP contribution in [-0.4, -0.2) is 36.0 Å². The molecule has 3 aromatic rings. The molecule has 0 saturated heterocycles. The van der Waals surface area contributed by atoms with E-state index in [2.05, 4.69) is 41.5 Å². The maximum absolute atomic E-state index is 14.4. The lowest BCUT2D eigenvalue weighted by Crippen LogP contribution is -2.36. The normalized spacial score (nSPS) is 12.9. The van der Waals surface area contributed by atoms with Crippen LogP contribution in [0.25, 0.3) is 22.4 Å². The number of anilines is 1. The van der Waals surface area contributed by atoms with Crippen LogP contribution >= 0.6 is 30.3 Å². The molecule has 0 fully saturated rings. The summed E-state index contributed by atoms with van der Waals surface area (Å²) in [6.07, 6.45) is 3.62. The molecule has 3 heterocycles. The summed E-state index contributed by atoms with van der Waals surface area (Å²) in [5.41, 5.74) is 0.558. The molecule has 3 rings (SSSR count). The van der Waals surface area contributed by atoms with E-state index in [1.807, 2.05) is 20.8 Å². The number of rotatable bonds is 6. The highest BCUT2D eigenvalue weighted by Gasteiger charge is 2.28. The third-order valence-electron chi connectivity index (χ3n) is 4.37. The Hall–Kier alpha value is -2.02. The van der Waals surface area contributed by atoms with Gasteiger partial charge in [-0.05, 0) is 11.5 Å². The highest BCUT2D eigenvalue weighted by Crippen LogP contribution is 2.33.